The van der Waals surface area contributed by atoms with Crippen molar-refractivity contribution in [2.75, 3.05) is 25.6 Å². The van der Waals surface area contributed by atoms with Crippen molar-refractivity contribution < 1.29 is 14.3 Å². The summed E-state index contributed by atoms with van der Waals surface area (Å²) in [5, 5.41) is 9.46. The molecular formula is C24H33IN4O3. The molecular weight excluding hydrogens is 519 g/mol. The normalized spacial score (nSPS) is 15.6. The molecule has 0 spiro atoms. The zero-order chi connectivity index (χ0) is 22.1. The molecule has 0 saturated carbocycles. The van der Waals surface area contributed by atoms with Crippen molar-refractivity contribution in [1.29, 1.82) is 0 Å². The van der Waals surface area contributed by atoms with Crippen LogP contribution in [0.3, 0.4) is 0 Å². The van der Waals surface area contributed by atoms with Gasteiger partial charge in [-0.25, -0.2) is 0 Å². The van der Waals surface area contributed by atoms with Crippen LogP contribution in [0.15, 0.2) is 47.5 Å². The molecule has 8 heteroatoms. The number of rotatable bonds is 8. The van der Waals surface area contributed by atoms with Gasteiger partial charge in [-0.2, -0.15) is 0 Å². The van der Waals surface area contributed by atoms with Gasteiger partial charge in [0.25, 0.3) is 0 Å². The minimum Gasteiger partial charge on any atom is -0.491 e. The fraction of sp³-hybridized carbons (Fsp3) is 0.417. The minimum atomic E-state index is -0.0850. The number of carbonyl (C=O) groups excluding carboxylic acids is 1. The van der Waals surface area contributed by atoms with Gasteiger partial charge in [0.1, 0.15) is 12.4 Å². The maximum absolute atomic E-state index is 11.3. The van der Waals surface area contributed by atoms with Gasteiger partial charge in [-0.05, 0) is 49.1 Å². The first-order valence-electron chi connectivity index (χ1n) is 10.7. The van der Waals surface area contributed by atoms with Crippen LogP contribution in [-0.2, 0) is 22.6 Å². The summed E-state index contributed by atoms with van der Waals surface area (Å²) in [6, 6.07) is 14.0. The van der Waals surface area contributed by atoms with E-state index in [1.807, 2.05) is 24.3 Å². The molecule has 1 aliphatic rings. The van der Waals surface area contributed by atoms with Gasteiger partial charge < -0.3 is 25.4 Å². The number of hydrogen-bond donors (Lipinski definition) is 3. The monoisotopic (exact) mass is 552 g/mol. The van der Waals surface area contributed by atoms with Crippen LogP contribution in [0.25, 0.3) is 0 Å². The standard InChI is InChI=1S/C24H32N4O3.HI/c1-17-9-10-20(23(12-17)31-16-22-8-5-11-30-22)15-27-24(25-3)26-14-19-6-4-7-21(13-19)28-18(2)29;/h4,6-7,9-10,12-13,22H,5,8,11,14-16H2,1-3H3,(H,28,29)(H2,25,26,27);1H. The predicted molar refractivity (Wildman–Crippen MR) is 139 cm³/mol. The van der Waals surface area contributed by atoms with Crippen molar-refractivity contribution in [1.82, 2.24) is 10.6 Å². The highest BCUT2D eigenvalue weighted by atomic mass is 127. The number of aliphatic imine (C=N–C) groups is 1. The quantitative estimate of drug-likeness (QED) is 0.262. The van der Waals surface area contributed by atoms with E-state index in [9.17, 15) is 4.79 Å². The van der Waals surface area contributed by atoms with E-state index >= 15 is 0 Å². The van der Waals surface area contributed by atoms with Gasteiger partial charge in [-0.15, -0.1) is 24.0 Å². The van der Waals surface area contributed by atoms with Crippen LogP contribution >= 0.6 is 24.0 Å². The average molecular weight is 552 g/mol. The van der Waals surface area contributed by atoms with Crippen LogP contribution < -0.4 is 20.7 Å². The Labute approximate surface area is 207 Å². The molecule has 174 valence electrons. The number of hydrogen-bond acceptors (Lipinski definition) is 4. The second kappa shape index (κ2) is 13.3. The summed E-state index contributed by atoms with van der Waals surface area (Å²) in [6.45, 7) is 6.14. The molecule has 0 aromatic heterocycles. The van der Waals surface area contributed by atoms with Crippen molar-refractivity contribution in [3.05, 3.63) is 59.2 Å². The lowest BCUT2D eigenvalue weighted by Crippen LogP contribution is -2.36. The van der Waals surface area contributed by atoms with Gasteiger partial charge >= 0.3 is 0 Å². The van der Waals surface area contributed by atoms with E-state index in [-0.39, 0.29) is 36.0 Å². The molecule has 1 atom stereocenters. The van der Waals surface area contributed by atoms with Gasteiger partial charge in [0.05, 0.1) is 6.10 Å². The third kappa shape index (κ3) is 8.31. The molecule has 7 nitrogen and oxygen atoms in total. The summed E-state index contributed by atoms with van der Waals surface area (Å²) in [4.78, 5) is 15.6. The number of nitrogens with one attached hydrogen (secondary N) is 3. The minimum absolute atomic E-state index is 0. The third-order valence-electron chi connectivity index (χ3n) is 5.05. The molecule has 3 rings (SSSR count). The molecule has 32 heavy (non-hydrogen) atoms. The Bertz CT molecular complexity index is 914. The molecule has 1 amide bonds. The second-order valence-corrected chi connectivity index (χ2v) is 7.72. The third-order valence-corrected chi connectivity index (χ3v) is 5.05. The lowest BCUT2D eigenvalue weighted by molar-refractivity contribution is -0.114. The lowest BCUT2D eigenvalue weighted by Gasteiger charge is -2.17. The van der Waals surface area contributed by atoms with Crippen LogP contribution in [-0.4, -0.2) is 38.2 Å². The van der Waals surface area contributed by atoms with Crippen molar-refractivity contribution in [3.63, 3.8) is 0 Å². The summed E-state index contributed by atoms with van der Waals surface area (Å²) in [5.74, 6) is 1.48. The van der Waals surface area contributed by atoms with Gasteiger partial charge in [0, 0.05) is 44.9 Å². The smallest absolute Gasteiger partial charge is 0.221 e. The van der Waals surface area contributed by atoms with Gasteiger partial charge in [-0.1, -0.05) is 24.3 Å². The molecule has 3 N–H and O–H groups in total. The molecule has 0 aliphatic carbocycles. The Kier molecular flexibility index (Phi) is 10.8. The highest BCUT2D eigenvalue weighted by molar-refractivity contribution is 14.0. The predicted octanol–water partition coefficient (Wildman–Crippen LogP) is 3.99. The summed E-state index contributed by atoms with van der Waals surface area (Å²) in [6.07, 6.45) is 2.34. The van der Waals surface area contributed by atoms with Crippen LogP contribution in [0.4, 0.5) is 5.69 Å². The number of amides is 1. The van der Waals surface area contributed by atoms with Crippen molar-refractivity contribution in [3.8, 4) is 5.75 Å². The summed E-state index contributed by atoms with van der Waals surface area (Å²) in [7, 11) is 1.74. The van der Waals surface area contributed by atoms with Gasteiger partial charge in [0.15, 0.2) is 5.96 Å². The van der Waals surface area contributed by atoms with Gasteiger partial charge in [0.2, 0.25) is 5.91 Å². The average Bonchev–Trinajstić information content (AvgIpc) is 3.27. The molecule has 1 fully saturated rings. The second-order valence-electron chi connectivity index (χ2n) is 7.72. The Balaban J connectivity index is 0.00000363. The molecule has 1 aliphatic heterocycles. The first-order chi connectivity index (χ1) is 15.0. The Hall–Kier alpha value is -2.33. The number of halogens is 1. The maximum Gasteiger partial charge on any atom is 0.221 e. The number of anilines is 1. The molecule has 0 radical (unpaired) electrons. The van der Waals surface area contributed by atoms with E-state index in [1.165, 1.54) is 6.92 Å². The number of benzene rings is 2. The van der Waals surface area contributed by atoms with E-state index in [0.717, 1.165) is 47.6 Å². The largest absolute Gasteiger partial charge is 0.491 e. The van der Waals surface area contributed by atoms with E-state index in [4.69, 9.17) is 9.47 Å². The highest BCUT2D eigenvalue weighted by Crippen LogP contribution is 2.22. The van der Waals surface area contributed by atoms with E-state index < -0.39 is 0 Å². The number of guanidine groups is 1. The van der Waals surface area contributed by atoms with Crippen molar-refractivity contribution >= 4 is 41.5 Å². The number of ether oxygens (including phenoxy) is 2. The molecule has 1 heterocycles. The first-order valence-corrected chi connectivity index (χ1v) is 10.7. The molecule has 1 unspecified atom stereocenters. The van der Waals surface area contributed by atoms with Crippen molar-refractivity contribution in [2.24, 2.45) is 4.99 Å². The first kappa shape index (κ1) is 25.9. The summed E-state index contributed by atoms with van der Waals surface area (Å²) in [5.41, 5.74) is 4.06. The fourth-order valence-electron chi connectivity index (χ4n) is 3.45. The molecule has 2 aromatic carbocycles. The zero-order valence-electron chi connectivity index (χ0n) is 18.9. The van der Waals surface area contributed by atoms with E-state index in [1.54, 1.807) is 7.05 Å². The zero-order valence-corrected chi connectivity index (χ0v) is 21.3. The van der Waals surface area contributed by atoms with Crippen LogP contribution in [0.2, 0.25) is 0 Å². The Morgan fingerprint density at radius 1 is 1.19 bits per heavy atom. The van der Waals surface area contributed by atoms with Gasteiger partial charge in [-0.3, -0.25) is 9.79 Å². The van der Waals surface area contributed by atoms with Crippen molar-refractivity contribution in [2.45, 2.75) is 45.9 Å². The molecule has 1 saturated heterocycles. The number of aryl methyl sites for hydroxylation is 1. The fourth-order valence-corrected chi connectivity index (χ4v) is 3.45. The number of carbonyl (C=O) groups is 1. The Morgan fingerprint density at radius 2 is 2.00 bits per heavy atom. The van der Waals surface area contributed by atoms with E-state index in [0.29, 0.717) is 25.7 Å². The van der Waals surface area contributed by atoms with Crippen LogP contribution in [0, 0.1) is 6.92 Å². The molecule has 0 bridgehead atoms. The Morgan fingerprint density at radius 3 is 2.72 bits per heavy atom. The highest BCUT2D eigenvalue weighted by Gasteiger charge is 2.17. The summed E-state index contributed by atoms with van der Waals surface area (Å²) >= 11 is 0. The molecule has 2 aromatic rings. The lowest BCUT2D eigenvalue weighted by atomic mass is 10.1. The topological polar surface area (TPSA) is 84.0 Å². The van der Waals surface area contributed by atoms with Crippen LogP contribution in [0.1, 0.15) is 36.5 Å². The van der Waals surface area contributed by atoms with Crippen LogP contribution in [0.5, 0.6) is 5.75 Å². The summed E-state index contributed by atoms with van der Waals surface area (Å²) < 4.78 is 11.8. The maximum atomic E-state index is 11.3. The van der Waals surface area contributed by atoms with E-state index in [2.05, 4.69) is 46.1 Å². The SMILES string of the molecule is CN=C(NCc1cccc(NC(C)=O)c1)NCc1ccc(C)cc1OCC1CCCO1.I. The number of nitrogens with zero attached hydrogens (tertiary/aromatic N) is 1.